The van der Waals surface area contributed by atoms with Crippen LogP contribution in [-0.2, 0) is 27.2 Å². The van der Waals surface area contributed by atoms with Gasteiger partial charge in [0.1, 0.15) is 11.5 Å². The van der Waals surface area contributed by atoms with Crippen LogP contribution in [0.2, 0.25) is 0 Å². The smallest absolute Gasteiger partial charge is 0.256 e. The SMILES string of the molecule is CN1N=C2CCN(C(=O)[C@@H](Cc3c[nH]c4ccccc34)NC(=O)C(C)(C)N)C[C@]2(Cc2ccccn2)C1=O.Cl.Cl. The van der Waals surface area contributed by atoms with E-state index < -0.39 is 22.9 Å². The second-order valence-electron chi connectivity index (χ2n) is 10.8. The molecule has 40 heavy (non-hydrogen) atoms. The lowest BCUT2D eigenvalue weighted by atomic mass is 9.74. The van der Waals surface area contributed by atoms with Crippen molar-refractivity contribution in [2.75, 3.05) is 20.1 Å². The lowest BCUT2D eigenvalue weighted by Crippen LogP contribution is -2.61. The number of carbonyl (C=O) groups is 3. The maximum absolute atomic E-state index is 14.1. The largest absolute Gasteiger partial charge is 0.361 e. The molecular weight excluding hydrogens is 553 g/mol. The van der Waals surface area contributed by atoms with Gasteiger partial charge in [-0.1, -0.05) is 24.3 Å². The fraction of sp³-hybridized carbons (Fsp3) is 0.393. The highest BCUT2D eigenvalue weighted by molar-refractivity contribution is 6.13. The Hall–Kier alpha value is -3.47. The molecule has 214 valence electrons. The van der Waals surface area contributed by atoms with E-state index in [0.717, 1.165) is 27.9 Å². The molecule has 4 N–H and O–H groups in total. The van der Waals surface area contributed by atoms with Gasteiger partial charge in [0.2, 0.25) is 11.8 Å². The number of nitrogens with two attached hydrogens (primary N) is 1. The van der Waals surface area contributed by atoms with Crippen LogP contribution in [0.4, 0.5) is 0 Å². The Bertz CT molecular complexity index is 1420. The quantitative estimate of drug-likeness (QED) is 0.390. The van der Waals surface area contributed by atoms with Crippen LogP contribution >= 0.6 is 24.8 Å². The van der Waals surface area contributed by atoms with Gasteiger partial charge in [-0.05, 0) is 37.6 Å². The summed E-state index contributed by atoms with van der Waals surface area (Å²) in [6.45, 7) is 3.77. The topological polar surface area (TPSA) is 137 Å². The molecule has 12 heteroatoms. The summed E-state index contributed by atoms with van der Waals surface area (Å²) in [6.07, 6.45) is 4.64. The van der Waals surface area contributed by atoms with Crippen molar-refractivity contribution in [3.63, 3.8) is 0 Å². The first-order chi connectivity index (χ1) is 18.1. The van der Waals surface area contributed by atoms with Gasteiger partial charge in [-0.25, -0.2) is 5.01 Å². The molecule has 0 unspecified atom stereocenters. The van der Waals surface area contributed by atoms with Crippen LogP contribution in [0.25, 0.3) is 10.9 Å². The number of aromatic amines is 1. The number of hydrogen-bond donors (Lipinski definition) is 3. The van der Waals surface area contributed by atoms with Crippen molar-refractivity contribution in [2.45, 2.75) is 44.7 Å². The number of fused-ring (bicyclic) bond motifs is 2. The normalized spacial score (nSPS) is 19.3. The molecule has 1 saturated heterocycles. The number of amides is 3. The van der Waals surface area contributed by atoms with Gasteiger partial charge in [0, 0.05) is 68.4 Å². The fourth-order valence-corrected chi connectivity index (χ4v) is 5.37. The predicted molar refractivity (Wildman–Crippen MR) is 158 cm³/mol. The van der Waals surface area contributed by atoms with E-state index >= 15 is 0 Å². The van der Waals surface area contributed by atoms with E-state index in [1.54, 1.807) is 32.0 Å². The third-order valence-electron chi connectivity index (χ3n) is 7.41. The van der Waals surface area contributed by atoms with Gasteiger partial charge in [0.25, 0.3) is 5.91 Å². The van der Waals surface area contributed by atoms with Gasteiger partial charge in [-0.2, -0.15) is 5.10 Å². The zero-order valence-corrected chi connectivity index (χ0v) is 24.3. The van der Waals surface area contributed by atoms with Crippen molar-refractivity contribution in [3.05, 3.63) is 66.1 Å². The first-order valence-electron chi connectivity index (χ1n) is 12.8. The molecule has 4 heterocycles. The Morgan fingerprint density at radius 3 is 2.60 bits per heavy atom. The molecule has 0 aliphatic carbocycles. The minimum Gasteiger partial charge on any atom is -0.361 e. The zero-order valence-electron chi connectivity index (χ0n) is 22.7. The number of carbonyl (C=O) groups excluding carboxylic acids is 3. The second-order valence-corrected chi connectivity index (χ2v) is 10.8. The number of nitrogens with one attached hydrogen (secondary N) is 2. The lowest BCUT2D eigenvalue weighted by molar-refractivity contribution is -0.142. The van der Waals surface area contributed by atoms with E-state index in [0.29, 0.717) is 19.4 Å². The first kappa shape index (κ1) is 31.1. The van der Waals surface area contributed by atoms with E-state index in [9.17, 15) is 14.4 Å². The number of hydrazone groups is 1. The highest BCUT2D eigenvalue weighted by Crippen LogP contribution is 2.38. The zero-order chi connectivity index (χ0) is 27.1. The summed E-state index contributed by atoms with van der Waals surface area (Å²) in [4.78, 5) is 49.8. The summed E-state index contributed by atoms with van der Waals surface area (Å²) in [5.41, 5.74) is 7.30. The Labute approximate surface area is 245 Å². The average Bonchev–Trinajstić information content (AvgIpc) is 3.41. The highest BCUT2D eigenvalue weighted by atomic mass is 35.5. The standard InChI is InChI=1S/C28H33N7O3.2ClH/c1-27(2,29)25(37)32-22(14-18-16-31-21-10-5-4-9-20(18)21)24(36)35-13-11-23-28(17-35,26(38)34(3)33-23)15-19-8-6-7-12-30-19;;/h4-10,12,16,22,31H,11,13-15,17,29H2,1-3H3,(H,32,37);2*1H/t22-,28+;;/m1../s1. The van der Waals surface area contributed by atoms with Gasteiger partial charge >= 0.3 is 0 Å². The van der Waals surface area contributed by atoms with E-state index in [1.807, 2.05) is 48.7 Å². The Morgan fingerprint density at radius 1 is 1.18 bits per heavy atom. The lowest BCUT2D eigenvalue weighted by Gasteiger charge is -2.40. The molecule has 3 aromatic rings. The summed E-state index contributed by atoms with van der Waals surface area (Å²) >= 11 is 0. The van der Waals surface area contributed by atoms with Crippen LogP contribution in [0.3, 0.4) is 0 Å². The van der Waals surface area contributed by atoms with Crippen LogP contribution in [0, 0.1) is 5.41 Å². The van der Waals surface area contributed by atoms with Crippen molar-refractivity contribution >= 4 is 59.2 Å². The summed E-state index contributed by atoms with van der Waals surface area (Å²) in [6, 6.07) is 12.5. The van der Waals surface area contributed by atoms with Crippen molar-refractivity contribution in [1.29, 1.82) is 0 Å². The molecule has 1 fully saturated rings. The number of halogens is 2. The maximum Gasteiger partial charge on any atom is 0.256 e. The van der Waals surface area contributed by atoms with Crippen molar-refractivity contribution in [3.8, 4) is 0 Å². The third-order valence-corrected chi connectivity index (χ3v) is 7.41. The molecule has 0 spiro atoms. The Kier molecular flexibility index (Phi) is 9.28. The molecule has 0 saturated carbocycles. The molecule has 0 bridgehead atoms. The number of nitrogens with zero attached hydrogens (tertiary/aromatic N) is 4. The first-order valence-corrected chi connectivity index (χ1v) is 12.8. The number of piperidine rings is 1. The van der Waals surface area contributed by atoms with Crippen LogP contribution < -0.4 is 11.1 Å². The molecule has 5 rings (SSSR count). The molecule has 0 radical (unpaired) electrons. The van der Waals surface area contributed by atoms with Crippen LogP contribution in [0.15, 0.2) is 60.0 Å². The summed E-state index contributed by atoms with van der Waals surface area (Å²) < 4.78 is 0. The van der Waals surface area contributed by atoms with Gasteiger partial charge in [0.15, 0.2) is 0 Å². The Morgan fingerprint density at radius 2 is 1.90 bits per heavy atom. The summed E-state index contributed by atoms with van der Waals surface area (Å²) in [7, 11) is 1.64. The number of para-hydroxylation sites is 1. The van der Waals surface area contributed by atoms with Gasteiger partial charge in [-0.3, -0.25) is 19.4 Å². The summed E-state index contributed by atoms with van der Waals surface area (Å²) in [5.74, 6) is -0.833. The van der Waals surface area contributed by atoms with Crippen molar-refractivity contribution in [2.24, 2.45) is 16.3 Å². The van der Waals surface area contributed by atoms with Gasteiger partial charge in [-0.15, -0.1) is 24.8 Å². The number of aromatic nitrogens is 2. The molecule has 2 aliphatic rings. The van der Waals surface area contributed by atoms with Crippen LogP contribution in [-0.4, -0.2) is 75.0 Å². The van der Waals surface area contributed by atoms with Gasteiger partial charge < -0.3 is 20.9 Å². The summed E-state index contributed by atoms with van der Waals surface area (Å²) in [5, 5.41) is 9.76. The van der Waals surface area contributed by atoms with E-state index in [2.05, 4.69) is 20.4 Å². The number of rotatable bonds is 7. The molecular formula is C28H35Cl2N7O3. The molecule has 3 amide bonds. The molecule has 10 nitrogen and oxygen atoms in total. The average molecular weight is 589 g/mol. The fourth-order valence-electron chi connectivity index (χ4n) is 5.37. The monoisotopic (exact) mass is 587 g/mol. The van der Waals surface area contributed by atoms with Crippen molar-refractivity contribution < 1.29 is 14.4 Å². The third kappa shape index (κ3) is 5.84. The maximum atomic E-state index is 14.1. The minimum atomic E-state index is -1.16. The number of benzene rings is 1. The van der Waals surface area contributed by atoms with Gasteiger partial charge in [0.05, 0.1) is 11.3 Å². The van der Waals surface area contributed by atoms with E-state index in [4.69, 9.17) is 5.73 Å². The molecule has 2 aromatic heterocycles. The number of H-pyrrole nitrogens is 1. The minimum absolute atomic E-state index is 0. The van der Waals surface area contributed by atoms with Crippen molar-refractivity contribution in [1.82, 2.24) is 25.2 Å². The molecule has 2 aliphatic heterocycles. The number of likely N-dealkylation sites (tertiary alicyclic amines) is 1. The Balaban J connectivity index is 0.00000220. The van der Waals surface area contributed by atoms with Crippen LogP contribution in [0.1, 0.15) is 31.5 Å². The van der Waals surface area contributed by atoms with Crippen LogP contribution in [0.5, 0.6) is 0 Å². The molecule has 2 atom stereocenters. The highest BCUT2D eigenvalue weighted by Gasteiger charge is 2.54. The predicted octanol–water partition coefficient (Wildman–Crippen LogP) is 2.46. The van der Waals surface area contributed by atoms with E-state index in [1.165, 1.54) is 5.01 Å². The molecule has 1 aromatic carbocycles. The number of pyridine rings is 1. The van der Waals surface area contributed by atoms with E-state index in [-0.39, 0.29) is 49.6 Å². The second kappa shape index (κ2) is 12.0. The number of hydrogen-bond acceptors (Lipinski definition) is 6.